The van der Waals surface area contributed by atoms with Crippen molar-refractivity contribution in [3.63, 3.8) is 0 Å². The molecule has 6 heteroatoms. The molecule has 1 aromatic heterocycles. The van der Waals surface area contributed by atoms with Crippen LogP contribution in [-0.2, 0) is 22.5 Å². The summed E-state index contributed by atoms with van der Waals surface area (Å²) in [5.74, 6) is 1.09. The van der Waals surface area contributed by atoms with Gasteiger partial charge in [-0.05, 0) is 13.3 Å². The molecule has 0 amide bonds. The predicted molar refractivity (Wildman–Crippen MR) is 61.2 cm³/mol. The summed E-state index contributed by atoms with van der Waals surface area (Å²) < 4.78 is 9.83. The maximum Gasteiger partial charge on any atom is 0.307 e. The smallest absolute Gasteiger partial charge is 0.307 e. The summed E-state index contributed by atoms with van der Waals surface area (Å²) in [6.45, 7) is 5.30. The van der Waals surface area contributed by atoms with Gasteiger partial charge >= 0.3 is 5.97 Å². The van der Waals surface area contributed by atoms with Crippen molar-refractivity contribution in [3.8, 4) is 0 Å². The first-order chi connectivity index (χ1) is 8.26. The highest BCUT2D eigenvalue weighted by atomic mass is 16.5. The molecule has 0 aromatic carbocycles. The van der Waals surface area contributed by atoms with Gasteiger partial charge in [-0.15, -0.1) is 0 Å². The van der Waals surface area contributed by atoms with Crippen molar-refractivity contribution in [1.29, 1.82) is 0 Å². The van der Waals surface area contributed by atoms with E-state index >= 15 is 0 Å². The maximum atomic E-state index is 11.0. The molecule has 1 heterocycles. The van der Waals surface area contributed by atoms with E-state index in [1.165, 1.54) is 0 Å². The third-order valence-electron chi connectivity index (χ3n) is 2.07. The van der Waals surface area contributed by atoms with E-state index in [1.807, 2.05) is 0 Å². The summed E-state index contributed by atoms with van der Waals surface area (Å²) in [6, 6.07) is 0. The van der Waals surface area contributed by atoms with Crippen LogP contribution in [-0.4, -0.2) is 29.3 Å². The van der Waals surface area contributed by atoms with Crippen LogP contribution >= 0.6 is 0 Å². The number of ether oxygens (including phenoxy) is 1. The fourth-order valence-electron chi connectivity index (χ4n) is 1.31. The predicted octanol–water partition coefficient (Wildman–Crippen LogP) is 1.06. The van der Waals surface area contributed by atoms with Gasteiger partial charge in [-0.25, -0.2) is 0 Å². The molecule has 0 fully saturated rings. The molecule has 0 aliphatic heterocycles. The van der Waals surface area contributed by atoms with Gasteiger partial charge in [0, 0.05) is 13.0 Å². The molecule has 96 valence electrons. The minimum Gasteiger partial charge on any atom is -0.466 e. The molecule has 0 saturated carbocycles. The second-order valence-electron chi connectivity index (χ2n) is 3.59. The third kappa shape index (κ3) is 5.44. The van der Waals surface area contributed by atoms with Crippen LogP contribution in [0.5, 0.6) is 0 Å². The van der Waals surface area contributed by atoms with E-state index < -0.39 is 0 Å². The first kappa shape index (κ1) is 13.6. The minimum absolute atomic E-state index is 0.197. The number of nitrogens with zero attached hydrogens (tertiary/aromatic N) is 2. The number of nitrogens with one attached hydrogen (secondary N) is 1. The molecule has 0 radical (unpaired) electrons. The number of carbonyl (C=O) groups excluding carboxylic acids is 1. The molecule has 1 aromatic rings. The fraction of sp³-hybridized carbons (Fsp3) is 0.727. The summed E-state index contributed by atoms with van der Waals surface area (Å²) in [6.07, 6.45) is 2.17. The van der Waals surface area contributed by atoms with Crippen LogP contribution < -0.4 is 5.32 Å². The van der Waals surface area contributed by atoms with Gasteiger partial charge < -0.3 is 14.6 Å². The fourth-order valence-corrected chi connectivity index (χ4v) is 1.31. The molecular formula is C11H19N3O3. The maximum absolute atomic E-state index is 11.0. The summed E-state index contributed by atoms with van der Waals surface area (Å²) in [5.41, 5.74) is 0. The van der Waals surface area contributed by atoms with E-state index in [-0.39, 0.29) is 5.97 Å². The van der Waals surface area contributed by atoms with Crippen molar-refractivity contribution >= 4 is 5.97 Å². The van der Waals surface area contributed by atoms with Crippen LogP contribution in [0.1, 0.15) is 38.4 Å². The van der Waals surface area contributed by atoms with Crippen molar-refractivity contribution in [2.24, 2.45) is 0 Å². The quantitative estimate of drug-likeness (QED) is 0.542. The standard InChI is InChI=1S/C11H19N3O3/c1-3-5-9-13-10(17-14-9)8-12-7-6-11(15)16-4-2/h12H,3-8H2,1-2H3. The molecule has 0 spiro atoms. The van der Waals surface area contributed by atoms with Gasteiger partial charge in [0.2, 0.25) is 5.89 Å². The second-order valence-corrected chi connectivity index (χ2v) is 3.59. The Labute approximate surface area is 101 Å². The zero-order valence-corrected chi connectivity index (χ0v) is 10.4. The second kappa shape index (κ2) is 7.78. The molecule has 0 aliphatic carbocycles. The van der Waals surface area contributed by atoms with Gasteiger partial charge in [0.15, 0.2) is 5.82 Å². The monoisotopic (exact) mass is 241 g/mol. The van der Waals surface area contributed by atoms with Crippen molar-refractivity contribution in [1.82, 2.24) is 15.5 Å². The first-order valence-electron chi connectivity index (χ1n) is 5.94. The van der Waals surface area contributed by atoms with Crippen LogP contribution in [0.4, 0.5) is 0 Å². The molecule has 1 rings (SSSR count). The Bertz CT molecular complexity index is 338. The molecule has 0 saturated heterocycles. The summed E-state index contributed by atoms with van der Waals surface area (Å²) in [5, 5.41) is 6.88. The highest BCUT2D eigenvalue weighted by molar-refractivity contribution is 5.69. The molecule has 0 bridgehead atoms. The number of aromatic nitrogens is 2. The molecule has 0 atom stereocenters. The Kier molecular flexibility index (Phi) is 6.24. The van der Waals surface area contributed by atoms with Crippen LogP contribution in [0.15, 0.2) is 4.52 Å². The molecule has 1 N–H and O–H groups in total. The largest absolute Gasteiger partial charge is 0.466 e. The average molecular weight is 241 g/mol. The Morgan fingerprint density at radius 1 is 1.47 bits per heavy atom. The van der Waals surface area contributed by atoms with Crippen molar-refractivity contribution in [2.45, 2.75) is 39.7 Å². The van der Waals surface area contributed by atoms with E-state index in [1.54, 1.807) is 6.92 Å². The van der Waals surface area contributed by atoms with Gasteiger partial charge in [0.1, 0.15) is 0 Å². The molecule has 17 heavy (non-hydrogen) atoms. The first-order valence-corrected chi connectivity index (χ1v) is 5.94. The highest BCUT2D eigenvalue weighted by Crippen LogP contribution is 1.99. The van der Waals surface area contributed by atoms with Crippen LogP contribution in [0, 0.1) is 0 Å². The van der Waals surface area contributed by atoms with Crippen LogP contribution in [0.2, 0.25) is 0 Å². The summed E-state index contributed by atoms with van der Waals surface area (Å²) in [4.78, 5) is 15.2. The number of rotatable bonds is 8. The summed E-state index contributed by atoms with van der Waals surface area (Å²) >= 11 is 0. The number of esters is 1. The zero-order valence-electron chi connectivity index (χ0n) is 10.4. The van der Waals surface area contributed by atoms with Gasteiger partial charge in [0.25, 0.3) is 0 Å². The lowest BCUT2D eigenvalue weighted by molar-refractivity contribution is -0.142. The van der Waals surface area contributed by atoms with Gasteiger partial charge in [-0.1, -0.05) is 12.1 Å². The molecule has 6 nitrogen and oxygen atoms in total. The SMILES string of the molecule is CCCc1noc(CNCCC(=O)OCC)n1. The van der Waals surface area contributed by atoms with Crippen molar-refractivity contribution in [3.05, 3.63) is 11.7 Å². The average Bonchev–Trinajstić information content (AvgIpc) is 2.73. The number of carbonyl (C=O) groups is 1. The number of aryl methyl sites for hydroxylation is 1. The summed E-state index contributed by atoms with van der Waals surface area (Å²) in [7, 11) is 0. The molecule has 0 aliphatic rings. The number of hydrogen-bond acceptors (Lipinski definition) is 6. The number of hydrogen-bond donors (Lipinski definition) is 1. The lowest BCUT2D eigenvalue weighted by Crippen LogP contribution is -2.19. The van der Waals surface area contributed by atoms with Crippen LogP contribution in [0.3, 0.4) is 0 Å². The van der Waals surface area contributed by atoms with Gasteiger partial charge in [-0.2, -0.15) is 4.98 Å². The van der Waals surface area contributed by atoms with Gasteiger partial charge in [0.05, 0.1) is 19.6 Å². The van der Waals surface area contributed by atoms with Crippen LogP contribution in [0.25, 0.3) is 0 Å². The lowest BCUT2D eigenvalue weighted by Gasteiger charge is -2.01. The molecular weight excluding hydrogens is 222 g/mol. The Balaban J connectivity index is 2.15. The zero-order chi connectivity index (χ0) is 12.5. The highest BCUT2D eigenvalue weighted by Gasteiger charge is 2.05. The van der Waals surface area contributed by atoms with E-state index in [0.29, 0.717) is 32.0 Å². The van der Waals surface area contributed by atoms with Crippen molar-refractivity contribution in [2.75, 3.05) is 13.2 Å². The lowest BCUT2D eigenvalue weighted by atomic mass is 10.3. The minimum atomic E-state index is -0.197. The topological polar surface area (TPSA) is 77.2 Å². The van der Waals surface area contributed by atoms with Gasteiger partial charge in [-0.3, -0.25) is 4.79 Å². The van der Waals surface area contributed by atoms with E-state index in [2.05, 4.69) is 22.4 Å². The molecule has 0 unspecified atom stereocenters. The third-order valence-corrected chi connectivity index (χ3v) is 2.07. The Morgan fingerprint density at radius 2 is 2.29 bits per heavy atom. The normalized spacial score (nSPS) is 10.5. The van der Waals surface area contributed by atoms with E-state index in [9.17, 15) is 4.79 Å². The van der Waals surface area contributed by atoms with Crippen molar-refractivity contribution < 1.29 is 14.1 Å². The van der Waals surface area contributed by atoms with E-state index in [4.69, 9.17) is 9.26 Å². The Hall–Kier alpha value is -1.43. The Morgan fingerprint density at radius 3 is 3.00 bits per heavy atom. The van der Waals surface area contributed by atoms with E-state index in [0.717, 1.165) is 18.7 Å².